The largest absolute Gasteiger partial charge is 0.369 e. The smallest absolute Gasteiger partial charge is 0.255 e. The molecule has 3 heterocycles. The molecule has 150 valence electrons. The molecule has 0 atom stereocenters. The molecule has 3 aromatic heterocycles. The maximum absolute atomic E-state index is 13.0. The van der Waals surface area contributed by atoms with Gasteiger partial charge in [-0.3, -0.25) is 14.2 Å². The molecule has 8 heteroatoms. The molecule has 1 aliphatic rings. The zero-order valence-electron chi connectivity index (χ0n) is 16.4. The number of fused-ring (bicyclic) bond motifs is 1. The van der Waals surface area contributed by atoms with Gasteiger partial charge in [-0.1, -0.05) is 25.8 Å². The van der Waals surface area contributed by atoms with Gasteiger partial charge in [-0.25, -0.2) is 9.97 Å². The van der Waals surface area contributed by atoms with Gasteiger partial charge in [-0.2, -0.15) is 4.98 Å². The van der Waals surface area contributed by atoms with Crippen LogP contribution in [0.25, 0.3) is 11.0 Å². The molecule has 3 aromatic rings. The highest BCUT2D eigenvalue weighted by Gasteiger charge is 2.22. The van der Waals surface area contributed by atoms with E-state index in [-0.39, 0.29) is 18.0 Å². The molecule has 1 saturated carbocycles. The van der Waals surface area contributed by atoms with Crippen molar-refractivity contribution in [2.75, 3.05) is 5.32 Å². The number of nitrogens with zero attached hydrogens (tertiary/aromatic N) is 4. The summed E-state index contributed by atoms with van der Waals surface area (Å²) in [6, 6.07) is 5.61. The van der Waals surface area contributed by atoms with E-state index in [1.165, 1.54) is 0 Å². The van der Waals surface area contributed by atoms with Gasteiger partial charge in [0.05, 0.1) is 6.42 Å². The molecule has 0 spiro atoms. The summed E-state index contributed by atoms with van der Waals surface area (Å²) in [6.45, 7) is 1.99. The third-order valence-corrected chi connectivity index (χ3v) is 5.36. The lowest BCUT2D eigenvalue weighted by atomic mass is 10.1. The van der Waals surface area contributed by atoms with E-state index in [0.717, 1.165) is 42.2 Å². The van der Waals surface area contributed by atoms with Crippen LogP contribution in [0.15, 0.2) is 35.4 Å². The average Bonchev–Trinajstić information content (AvgIpc) is 3.23. The third kappa shape index (κ3) is 3.96. The van der Waals surface area contributed by atoms with Crippen molar-refractivity contribution >= 4 is 28.7 Å². The topological polar surface area (TPSA) is 116 Å². The van der Waals surface area contributed by atoms with E-state index >= 15 is 0 Å². The number of hydrogen-bond donors (Lipinski definition) is 2. The Morgan fingerprint density at radius 3 is 2.69 bits per heavy atom. The Labute approximate surface area is 168 Å². The summed E-state index contributed by atoms with van der Waals surface area (Å²) in [5.74, 6) is 0.530. The second-order valence-corrected chi connectivity index (χ2v) is 7.43. The molecule has 3 N–H and O–H groups in total. The van der Waals surface area contributed by atoms with E-state index < -0.39 is 5.91 Å². The van der Waals surface area contributed by atoms with Crippen molar-refractivity contribution in [3.05, 3.63) is 52.1 Å². The molecule has 1 amide bonds. The minimum absolute atomic E-state index is 0.0467. The standard InChI is InChI=1S/C21H24N6O2/c1-2-14-10-15-12-24-21(25-18-8-7-13(11-23-18)9-17(22)28)26-19(15)27(20(14)29)16-5-3-4-6-16/h7-8,10-12,16H,2-6,9H2,1H3,(H2,22,28)(H,23,24,25,26). The van der Waals surface area contributed by atoms with Crippen molar-refractivity contribution in [3.63, 3.8) is 0 Å². The highest BCUT2D eigenvalue weighted by molar-refractivity contribution is 5.77. The number of amides is 1. The third-order valence-electron chi connectivity index (χ3n) is 5.36. The van der Waals surface area contributed by atoms with Crippen LogP contribution in [-0.2, 0) is 17.6 Å². The zero-order valence-corrected chi connectivity index (χ0v) is 16.4. The number of anilines is 2. The number of aromatic nitrogens is 4. The van der Waals surface area contributed by atoms with E-state index in [1.807, 2.05) is 17.6 Å². The number of carbonyl (C=O) groups is 1. The van der Waals surface area contributed by atoms with Gasteiger partial charge in [0.15, 0.2) is 0 Å². The Balaban J connectivity index is 1.70. The minimum atomic E-state index is -0.401. The van der Waals surface area contributed by atoms with E-state index in [4.69, 9.17) is 5.73 Å². The Kier molecular flexibility index (Phi) is 5.24. The number of aryl methyl sites for hydroxylation is 1. The van der Waals surface area contributed by atoms with Crippen LogP contribution in [0.3, 0.4) is 0 Å². The molecule has 1 aliphatic carbocycles. The maximum Gasteiger partial charge on any atom is 0.255 e. The maximum atomic E-state index is 13.0. The fourth-order valence-electron chi connectivity index (χ4n) is 3.91. The Morgan fingerprint density at radius 1 is 1.24 bits per heavy atom. The summed E-state index contributed by atoms with van der Waals surface area (Å²) in [6.07, 6.45) is 8.43. The van der Waals surface area contributed by atoms with Gasteiger partial charge >= 0.3 is 0 Å². The van der Waals surface area contributed by atoms with Crippen LogP contribution >= 0.6 is 0 Å². The lowest BCUT2D eigenvalue weighted by Gasteiger charge is -2.18. The fraction of sp³-hybridized carbons (Fsp3) is 0.381. The first-order chi connectivity index (χ1) is 14.0. The van der Waals surface area contributed by atoms with Crippen LogP contribution in [0, 0.1) is 0 Å². The van der Waals surface area contributed by atoms with E-state index in [1.54, 1.807) is 24.5 Å². The molecule has 1 fully saturated rings. The van der Waals surface area contributed by atoms with Crippen LogP contribution in [-0.4, -0.2) is 25.4 Å². The lowest BCUT2D eigenvalue weighted by molar-refractivity contribution is -0.117. The molecule has 4 rings (SSSR count). The van der Waals surface area contributed by atoms with Crippen LogP contribution in [0.4, 0.5) is 11.8 Å². The quantitative estimate of drug-likeness (QED) is 0.666. The molecular formula is C21H24N6O2. The van der Waals surface area contributed by atoms with Crippen molar-refractivity contribution in [1.29, 1.82) is 0 Å². The summed E-state index contributed by atoms with van der Waals surface area (Å²) >= 11 is 0. The molecule has 0 bridgehead atoms. The van der Waals surface area contributed by atoms with Gasteiger partial charge in [-0.15, -0.1) is 0 Å². The average molecular weight is 392 g/mol. The molecular weight excluding hydrogens is 368 g/mol. The van der Waals surface area contributed by atoms with Gasteiger partial charge in [-0.05, 0) is 37.0 Å². The first-order valence-corrected chi connectivity index (χ1v) is 9.96. The monoisotopic (exact) mass is 392 g/mol. The number of hydrogen-bond acceptors (Lipinski definition) is 6. The Hall–Kier alpha value is -3.29. The van der Waals surface area contributed by atoms with Gasteiger partial charge in [0.1, 0.15) is 11.5 Å². The normalized spacial score (nSPS) is 14.4. The number of nitrogens with two attached hydrogens (primary N) is 1. The van der Waals surface area contributed by atoms with E-state index in [0.29, 0.717) is 23.8 Å². The molecule has 0 aliphatic heterocycles. The minimum Gasteiger partial charge on any atom is -0.369 e. The zero-order chi connectivity index (χ0) is 20.4. The van der Waals surface area contributed by atoms with Crippen molar-refractivity contribution in [1.82, 2.24) is 19.5 Å². The van der Waals surface area contributed by atoms with Crippen LogP contribution in [0.2, 0.25) is 0 Å². The van der Waals surface area contributed by atoms with Crippen LogP contribution < -0.4 is 16.6 Å². The number of primary amides is 1. The van der Waals surface area contributed by atoms with E-state index in [2.05, 4.69) is 20.3 Å². The van der Waals surface area contributed by atoms with Crippen LogP contribution in [0.5, 0.6) is 0 Å². The van der Waals surface area contributed by atoms with Crippen molar-refractivity contribution in [2.45, 2.75) is 51.5 Å². The van der Waals surface area contributed by atoms with Crippen molar-refractivity contribution < 1.29 is 4.79 Å². The van der Waals surface area contributed by atoms with Gasteiger partial charge in [0.2, 0.25) is 11.9 Å². The molecule has 0 aromatic carbocycles. The van der Waals surface area contributed by atoms with Crippen molar-refractivity contribution in [3.8, 4) is 0 Å². The highest BCUT2D eigenvalue weighted by Crippen LogP contribution is 2.30. The highest BCUT2D eigenvalue weighted by atomic mass is 16.1. The van der Waals surface area contributed by atoms with Crippen LogP contribution in [0.1, 0.15) is 49.8 Å². The van der Waals surface area contributed by atoms with Gasteiger partial charge in [0.25, 0.3) is 5.56 Å². The molecule has 8 nitrogen and oxygen atoms in total. The Bertz CT molecular complexity index is 1100. The molecule has 0 saturated heterocycles. The number of pyridine rings is 2. The molecule has 0 radical (unpaired) electrons. The number of carbonyl (C=O) groups excluding carboxylic acids is 1. The first kappa shape index (κ1) is 19.0. The lowest BCUT2D eigenvalue weighted by Crippen LogP contribution is -2.27. The van der Waals surface area contributed by atoms with Crippen molar-refractivity contribution in [2.24, 2.45) is 5.73 Å². The number of nitrogens with one attached hydrogen (secondary N) is 1. The second kappa shape index (κ2) is 7.98. The predicted octanol–water partition coefficient (Wildman–Crippen LogP) is 2.64. The van der Waals surface area contributed by atoms with Gasteiger partial charge < -0.3 is 11.1 Å². The Morgan fingerprint density at radius 2 is 2.03 bits per heavy atom. The second-order valence-electron chi connectivity index (χ2n) is 7.43. The number of rotatable bonds is 6. The first-order valence-electron chi connectivity index (χ1n) is 9.96. The summed E-state index contributed by atoms with van der Waals surface area (Å²) in [5.41, 5.74) is 7.44. The summed E-state index contributed by atoms with van der Waals surface area (Å²) < 4.78 is 1.86. The molecule has 0 unspecified atom stereocenters. The fourth-order valence-corrected chi connectivity index (χ4v) is 3.91. The van der Waals surface area contributed by atoms with E-state index in [9.17, 15) is 9.59 Å². The summed E-state index contributed by atoms with van der Waals surface area (Å²) in [5, 5.41) is 3.94. The SMILES string of the molecule is CCc1cc2cnc(Nc3ccc(CC(N)=O)cn3)nc2n(C2CCCC2)c1=O. The van der Waals surface area contributed by atoms with Gasteiger partial charge in [0, 0.05) is 29.4 Å². The summed E-state index contributed by atoms with van der Waals surface area (Å²) in [7, 11) is 0. The molecule has 29 heavy (non-hydrogen) atoms. The summed E-state index contributed by atoms with van der Waals surface area (Å²) in [4.78, 5) is 37.4. The predicted molar refractivity (Wildman–Crippen MR) is 111 cm³/mol.